The molecule has 0 saturated carbocycles. The lowest BCUT2D eigenvalue weighted by atomic mass is 10.3. The molecule has 1 N–H and O–H groups in total. The zero-order chi connectivity index (χ0) is 16.8. The highest BCUT2D eigenvalue weighted by molar-refractivity contribution is 6.32. The van der Waals surface area contributed by atoms with Crippen LogP contribution in [0, 0.1) is 0 Å². The first-order valence-electron chi connectivity index (χ1n) is 6.41. The van der Waals surface area contributed by atoms with E-state index in [9.17, 15) is 9.59 Å². The quantitative estimate of drug-likeness (QED) is 0.658. The zero-order valence-electron chi connectivity index (χ0n) is 12.0. The minimum Gasteiger partial charge on any atom is -0.495 e. The number of amides is 1. The molecule has 0 spiro atoms. The molecule has 0 atom stereocenters. The Morgan fingerprint density at radius 3 is 2.61 bits per heavy atom. The van der Waals surface area contributed by atoms with Crippen molar-refractivity contribution in [3.05, 3.63) is 52.3 Å². The Kier molecular flexibility index (Phi) is 5.78. The number of hydrogen-bond acceptors (Lipinski definition) is 5. The second kappa shape index (κ2) is 7.80. The van der Waals surface area contributed by atoms with Crippen LogP contribution in [0.2, 0.25) is 10.2 Å². The number of carbonyl (C=O) groups is 2. The van der Waals surface area contributed by atoms with E-state index < -0.39 is 18.5 Å². The van der Waals surface area contributed by atoms with E-state index in [1.807, 2.05) is 0 Å². The van der Waals surface area contributed by atoms with Crippen molar-refractivity contribution >= 4 is 40.8 Å². The molecule has 0 aliphatic rings. The van der Waals surface area contributed by atoms with E-state index in [-0.39, 0.29) is 10.7 Å². The minimum atomic E-state index is -0.669. The molecule has 1 aromatic carbocycles. The van der Waals surface area contributed by atoms with Gasteiger partial charge in [0.05, 0.1) is 17.7 Å². The highest BCUT2D eigenvalue weighted by Gasteiger charge is 2.11. The number of nitrogens with zero attached hydrogens (tertiary/aromatic N) is 1. The molecule has 1 amide bonds. The highest BCUT2D eigenvalue weighted by atomic mass is 35.5. The summed E-state index contributed by atoms with van der Waals surface area (Å²) < 4.78 is 9.90. The van der Waals surface area contributed by atoms with E-state index in [2.05, 4.69) is 10.3 Å². The van der Waals surface area contributed by atoms with Crippen molar-refractivity contribution in [2.24, 2.45) is 0 Å². The molecule has 0 unspecified atom stereocenters. The van der Waals surface area contributed by atoms with Crippen LogP contribution in [-0.2, 0) is 9.53 Å². The van der Waals surface area contributed by atoms with E-state index in [4.69, 9.17) is 32.7 Å². The molecule has 2 rings (SSSR count). The molecule has 6 nitrogen and oxygen atoms in total. The Hall–Kier alpha value is -2.31. The molecular formula is C15H12Cl2N2O4. The fraction of sp³-hybridized carbons (Fsp3) is 0.133. The zero-order valence-corrected chi connectivity index (χ0v) is 13.5. The molecule has 0 saturated heterocycles. The first-order valence-corrected chi connectivity index (χ1v) is 7.17. The number of rotatable bonds is 5. The normalized spacial score (nSPS) is 10.0. The standard InChI is InChI=1S/C15H12Cl2N2O4/c1-22-12-4-3-10(6-11(12)16)19-14(20)8-23-15(21)9-2-5-13(17)18-7-9/h2-7H,8H2,1H3,(H,19,20). The van der Waals surface area contributed by atoms with Crippen LogP contribution in [0.25, 0.3) is 0 Å². The molecule has 8 heteroatoms. The second-order valence-corrected chi connectivity index (χ2v) is 5.14. The second-order valence-electron chi connectivity index (χ2n) is 4.34. The van der Waals surface area contributed by atoms with Crippen LogP contribution >= 0.6 is 23.2 Å². The Bertz CT molecular complexity index is 720. The summed E-state index contributed by atoms with van der Waals surface area (Å²) in [5, 5.41) is 3.17. The molecule has 120 valence electrons. The summed E-state index contributed by atoms with van der Waals surface area (Å²) in [7, 11) is 1.49. The number of pyridine rings is 1. The maximum atomic E-state index is 11.8. The maximum absolute atomic E-state index is 11.8. The lowest BCUT2D eigenvalue weighted by Crippen LogP contribution is -2.21. The van der Waals surface area contributed by atoms with Gasteiger partial charge in [-0.2, -0.15) is 0 Å². The molecule has 1 aromatic heterocycles. The van der Waals surface area contributed by atoms with Crippen LogP contribution in [0.4, 0.5) is 5.69 Å². The van der Waals surface area contributed by atoms with Gasteiger partial charge in [0, 0.05) is 11.9 Å². The van der Waals surface area contributed by atoms with Gasteiger partial charge in [0.2, 0.25) is 0 Å². The van der Waals surface area contributed by atoms with Gasteiger partial charge in [-0.05, 0) is 30.3 Å². The van der Waals surface area contributed by atoms with Gasteiger partial charge in [-0.3, -0.25) is 4.79 Å². The van der Waals surface area contributed by atoms with Crippen molar-refractivity contribution in [3.8, 4) is 5.75 Å². The van der Waals surface area contributed by atoms with Crippen LogP contribution in [-0.4, -0.2) is 30.6 Å². The van der Waals surface area contributed by atoms with E-state index in [1.54, 1.807) is 12.1 Å². The molecule has 0 bridgehead atoms. The molecule has 0 aliphatic carbocycles. The van der Waals surface area contributed by atoms with Gasteiger partial charge >= 0.3 is 5.97 Å². The van der Waals surface area contributed by atoms with Gasteiger partial charge in [0.25, 0.3) is 5.91 Å². The molecular weight excluding hydrogens is 343 g/mol. The fourth-order valence-electron chi connectivity index (χ4n) is 1.65. The van der Waals surface area contributed by atoms with Gasteiger partial charge in [-0.1, -0.05) is 23.2 Å². The first kappa shape index (κ1) is 17.1. The van der Waals surface area contributed by atoms with Gasteiger partial charge in [0.1, 0.15) is 10.9 Å². The number of esters is 1. The largest absolute Gasteiger partial charge is 0.495 e. The number of halogens is 2. The third-order valence-corrected chi connectivity index (χ3v) is 3.25. The van der Waals surface area contributed by atoms with Crippen molar-refractivity contribution in [3.63, 3.8) is 0 Å². The van der Waals surface area contributed by atoms with Gasteiger partial charge in [0.15, 0.2) is 6.61 Å². The summed E-state index contributed by atoms with van der Waals surface area (Å²) in [4.78, 5) is 27.3. The lowest BCUT2D eigenvalue weighted by Gasteiger charge is -2.08. The van der Waals surface area contributed by atoms with Crippen LogP contribution < -0.4 is 10.1 Å². The number of ether oxygens (including phenoxy) is 2. The average Bonchev–Trinajstić information content (AvgIpc) is 2.53. The van der Waals surface area contributed by atoms with Crippen molar-refractivity contribution < 1.29 is 19.1 Å². The summed E-state index contributed by atoms with van der Waals surface area (Å²) in [5.41, 5.74) is 0.666. The van der Waals surface area contributed by atoms with E-state index in [0.717, 1.165) is 0 Å². The number of hydrogen-bond donors (Lipinski definition) is 1. The summed E-state index contributed by atoms with van der Waals surface area (Å²) in [6.45, 7) is -0.439. The smallest absolute Gasteiger partial charge is 0.340 e. The number of anilines is 1. The first-order chi connectivity index (χ1) is 11.0. The summed E-state index contributed by atoms with van der Waals surface area (Å²) in [5.74, 6) is -0.676. The molecule has 1 heterocycles. The summed E-state index contributed by atoms with van der Waals surface area (Å²) in [6.07, 6.45) is 1.27. The molecule has 0 fully saturated rings. The van der Waals surface area contributed by atoms with E-state index in [0.29, 0.717) is 16.5 Å². The number of nitrogens with one attached hydrogen (secondary N) is 1. The van der Waals surface area contributed by atoms with E-state index >= 15 is 0 Å². The van der Waals surface area contributed by atoms with Crippen LogP contribution in [0.5, 0.6) is 5.75 Å². The predicted octanol–water partition coefficient (Wildman–Crippen LogP) is 3.19. The third kappa shape index (κ3) is 4.84. The van der Waals surface area contributed by atoms with Gasteiger partial charge in [-0.25, -0.2) is 9.78 Å². The van der Waals surface area contributed by atoms with E-state index in [1.165, 1.54) is 31.5 Å². The van der Waals surface area contributed by atoms with Crippen molar-refractivity contribution in [2.75, 3.05) is 19.0 Å². The van der Waals surface area contributed by atoms with Crippen molar-refractivity contribution in [1.29, 1.82) is 0 Å². The third-order valence-electron chi connectivity index (χ3n) is 2.73. The lowest BCUT2D eigenvalue weighted by molar-refractivity contribution is -0.119. The number of aromatic nitrogens is 1. The Labute approximate surface area is 142 Å². The molecule has 2 aromatic rings. The van der Waals surface area contributed by atoms with Crippen molar-refractivity contribution in [1.82, 2.24) is 4.98 Å². The van der Waals surface area contributed by atoms with Crippen LogP contribution in [0.1, 0.15) is 10.4 Å². The van der Waals surface area contributed by atoms with Gasteiger partial charge in [-0.15, -0.1) is 0 Å². The molecule has 0 aliphatic heterocycles. The minimum absolute atomic E-state index is 0.203. The number of carbonyl (C=O) groups excluding carboxylic acids is 2. The van der Waals surface area contributed by atoms with Crippen LogP contribution in [0.15, 0.2) is 36.5 Å². The summed E-state index contributed by atoms with van der Waals surface area (Å²) in [6, 6.07) is 7.68. The fourth-order valence-corrected chi connectivity index (χ4v) is 2.02. The highest BCUT2D eigenvalue weighted by Crippen LogP contribution is 2.27. The topological polar surface area (TPSA) is 77.5 Å². The number of methoxy groups -OCH3 is 1. The summed E-state index contributed by atoms with van der Waals surface area (Å²) >= 11 is 11.6. The van der Waals surface area contributed by atoms with Crippen LogP contribution in [0.3, 0.4) is 0 Å². The molecule has 23 heavy (non-hydrogen) atoms. The predicted molar refractivity (Wildman–Crippen MR) is 86.2 cm³/mol. The number of benzene rings is 1. The molecule has 0 radical (unpaired) electrons. The Morgan fingerprint density at radius 1 is 1.22 bits per heavy atom. The maximum Gasteiger partial charge on any atom is 0.340 e. The average molecular weight is 355 g/mol. The van der Waals surface area contributed by atoms with Crippen molar-refractivity contribution in [2.45, 2.75) is 0 Å². The SMILES string of the molecule is COc1ccc(NC(=O)COC(=O)c2ccc(Cl)nc2)cc1Cl. The Balaban J connectivity index is 1.88. The van der Waals surface area contributed by atoms with Gasteiger partial charge < -0.3 is 14.8 Å². The Morgan fingerprint density at radius 2 is 2.00 bits per heavy atom. The monoisotopic (exact) mass is 354 g/mol.